The molecule has 2 N–H and O–H groups in total. The van der Waals surface area contributed by atoms with Crippen LogP contribution in [-0.4, -0.2) is 9.78 Å². The SMILES string of the molecule is Cc1nn(C)c(C)c1CC(N)c1occc1Br. The number of furan rings is 1. The monoisotopic (exact) mass is 297 g/mol. The summed E-state index contributed by atoms with van der Waals surface area (Å²) in [7, 11) is 1.94. The van der Waals surface area contributed by atoms with Crippen LogP contribution in [0.15, 0.2) is 21.2 Å². The van der Waals surface area contributed by atoms with Gasteiger partial charge in [-0.25, -0.2) is 0 Å². The molecule has 0 saturated carbocycles. The summed E-state index contributed by atoms with van der Waals surface area (Å²) in [5.41, 5.74) is 9.54. The van der Waals surface area contributed by atoms with E-state index in [0.717, 1.165) is 28.0 Å². The summed E-state index contributed by atoms with van der Waals surface area (Å²) < 4.78 is 8.19. The van der Waals surface area contributed by atoms with Gasteiger partial charge in [-0.1, -0.05) is 0 Å². The summed E-state index contributed by atoms with van der Waals surface area (Å²) in [4.78, 5) is 0. The first-order chi connectivity index (χ1) is 8.00. The highest BCUT2D eigenvalue weighted by molar-refractivity contribution is 9.10. The van der Waals surface area contributed by atoms with E-state index in [9.17, 15) is 0 Å². The van der Waals surface area contributed by atoms with Gasteiger partial charge in [-0.2, -0.15) is 5.10 Å². The molecule has 2 heterocycles. The van der Waals surface area contributed by atoms with E-state index in [-0.39, 0.29) is 6.04 Å². The van der Waals surface area contributed by atoms with Crippen LogP contribution in [0.4, 0.5) is 0 Å². The first kappa shape index (κ1) is 12.4. The van der Waals surface area contributed by atoms with E-state index in [2.05, 4.69) is 28.0 Å². The van der Waals surface area contributed by atoms with Crippen molar-refractivity contribution in [1.82, 2.24) is 9.78 Å². The molecule has 5 heteroatoms. The lowest BCUT2D eigenvalue weighted by atomic mass is 10.0. The molecule has 0 aliphatic heterocycles. The summed E-state index contributed by atoms with van der Waals surface area (Å²) in [6, 6.07) is 1.71. The van der Waals surface area contributed by atoms with Crippen LogP contribution in [-0.2, 0) is 13.5 Å². The Kier molecular flexibility index (Phi) is 3.40. The fourth-order valence-corrected chi connectivity index (χ4v) is 2.49. The standard InChI is InChI=1S/C12H16BrN3O/c1-7-9(8(2)16(3)15-7)6-11(14)12-10(13)4-5-17-12/h4-5,11H,6,14H2,1-3H3. The van der Waals surface area contributed by atoms with Crippen LogP contribution in [0.3, 0.4) is 0 Å². The number of hydrogen-bond acceptors (Lipinski definition) is 3. The third kappa shape index (κ3) is 2.30. The van der Waals surface area contributed by atoms with E-state index in [1.807, 2.05) is 24.7 Å². The Morgan fingerprint density at radius 2 is 2.24 bits per heavy atom. The molecule has 2 rings (SSSR count). The van der Waals surface area contributed by atoms with Gasteiger partial charge >= 0.3 is 0 Å². The lowest BCUT2D eigenvalue weighted by Gasteiger charge is -2.10. The average molecular weight is 298 g/mol. The zero-order valence-electron chi connectivity index (χ0n) is 10.2. The first-order valence-corrected chi connectivity index (χ1v) is 6.27. The number of nitrogens with two attached hydrogens (primary N) is 1. The molecule has 2 aromatic rings. The van der Waals surface area contributed by atoms with Gasteiger partial charge in [-0.15, -0.1) is 0 Å². The number of nitrogens with zero attached hydrogens (tertiary/aromatic N) is 2. The van der Waals surface area contributed by atoms with Gasteiger partial charge in [0, 0.05) is 12.7 Å². The third-order valence-electron chi connectivity index (χ3n) is 3.06. The minimum atomic E-state index is -0.152. The van der Waals surface area contributed by atoms with Gasteiger partial charge in [0.15, 0.2) is 0 Å². The molecule has 2 aromatic heterocycles. The number of rotatable bonds is 3. The minimum Gasteiger partial charge on any atom is -0.466 e. The number of aromatic nitrogens is 2. The highest BCUT2D eigenvalue weighted by atomic mass is 79.9. The number of hydrogen-bond donors (Lipinski definition) is 1. The molecule has 0 saturated heterocycles. The Balaban J connectivity index is 2.24. The van der Waals surface area contributed by atoms with Crippen molar-refractivity contribution in [3.63, 3.8) is 0 Å². The molecule has 0 aromatic carbocycles. The summed E-state index contributed by atoms with van der Waals surface area (Å²) in [6.45, 7) is 4.06. The Morgan fingerprint density at radius 1 is 1.53 bits per heavy atom. The molecule has 0 bridgehead atoms. The van der Waals surface area contributed by atoms with Gasteiger partial charge in [0.1, 0.15) is 5.76 Å². The number of halogens is 1. The lowest BCUT2D eigenvalue weighted by Crippen LogP contribution is -2.14. The molecule has 0 aliphatic rings. The van der Waals surface area contributed by atoms with E-state index in [1.54, 1.807) is 6.26 Å². The molecule has 0 radical (unpaired) electrons. The van der Waals surface area contributed by atoms with Gasteiger partial charge < -0.3 is 10.2 Å². The second kappa shape index (κ2) is 4.66. The maximum absolute atomic E-state index is 6.16. The van der Waals surface area contributed by atoms with E-state index >= 15 is 0 Å². The maximum atomic E-state index is 6.16. The summed E-state index contributed by atoms with van der Waals surface area (Å²) >= 11 is 3.43. The molecular formula is C12H16BrN3O. The largest absolute Gasteiger partial charge is 0.466 e. The second-order valence-electron chi connectivity index (χ2n) is 4.22. The van der Waals surface area contributed by atoms with Crippen molar-refractivity contribution in [3.05, 3.63) is 39.5 Å². The van der Waals surface area contributed by atoms with Gasteiger partial charge in [0.25, 0.3) is 0 Å². The third-order valence-corrected chi connectivity index (χ3v) is 3.72. The van der Waals surface area contributed by atoms with E-state index < -0.39 is 0 Å². The Hall–Kier alpha value is -1.07. The van der Waals surface area contributed by atoms with Crippen molar-refractivity contribution in [2.75, 3.05) is 0 Å². The second-order valence-corrected chi connectivity index (χ2v) is 5.07. The van der Waals surface area contributed by atoms with Crippen molar-refractivity contribution in [1.29, 1.82) is 0 Å². The van der Waals surface area contributed by atoms with Crippen molar-refractivity contribution in [2.24, 2.45) is 12.8 Å². The first-order valence-electron chi connectivity index (χ1n) is 5.48. The van der Waals surface area contributed by atoms with Crippen LogP contribution in [0.1, 0.15) is 28.8 Å². The van der Waals surface area contributed by atoms with Crippen LogP contribution in [0.25, 0.3) is 0 Å². The zero-order chi connectivity index (χ0) is 12.6. The zero-order valence-corrected chi connectivity index (χ0v) is 11.8. The highest BCUT2D eigenvalue weighted by Crippen LogP contribution is 2.27. The topological polar surface area (TPSA) is 57.0 Å². The Labute approximate surface area is 109 Å². The predicted molar refractivity (Wildman–Crippen MR) is 69.7 cm³/mol. The molecule has 0 amide bonds. The van der Waals surface area contributed by atoms with Crippen molar-refractivity contribution >= 4 is 15.9 Å². The summed E-state index contributed by atoms with van der Waals surface area (Å²) in [6.07, 6.45) is 2.37. The molecular weight excluding hydrogens is 282 g/mol. The fourth-order valence-electron chi connectivity index (χ4n) is 2.00. The van der Waals surface area contributed by atoms with E-state index in [1.165, 1.54) is 5.56 Å². The van der Waals surface area contributed by atoms with Crippen LogP contribution in [0.5, 0.6) is 0 Å². The maximum Gasteiger partial charge on any atom is 0.134 e. The smallest absolute Gasteiger partial charge is 0.134 e. The quantitative estimate of drug-likeness (QED) is 0.947. The fraction of sp³-hybridized carbons (Fsp3) is 0.417. The Morgan fingerprint density at radius 3 is 2.71 bits per heavy atom. The van der Waals surface area contributed by atoms with Crippen LogP contribution < -0.4 is 5.73 Å². The lowest BCUT2D eigenvalue weighted by molar-refractivity contribution is 0.461. The van der Waals surface area contributed by atoms with Crippen LogP contribution in [0.2, 0.25) is 0 Å². The van der Waals surface area contributed by atoms with Gasteiger partial charge in [0.2, 0.25) is 0 Å². The van der Waals surface area contributed by atoms with Gasteiger partial charge in [0.05, 0.1) is 22.5 Å². The van der Waals surface area contributed by atoms with Crippen molar-refractivity contribution in [3.8, 4) is 0 Å². The highest BCUT2D eigenvalue weighted by Gasteiger charge is 2.18. The van der Waals surface area contributed by atoms with Crippen LogP contribution in [0, 0.1) is 13.8 Å². The minimum absolute atomic E-state index is 0.152. The molecule has 0 aliphatic carbocycles. The molecule has 17 heavy (non-hydrogen) atoms. The van der Waals surface area contributed by atoms with E-state index in [0.29, 0.717) is 0 Å². The van der Waals surface area contributed by atoms with Crippen molar-refractivity contribution < 1.29 is 4.42 Å². The van der Waals surface area contributed by atoms with E-state index in [4.69, 9.17) is 10.2 Å². The molecule has 0 fully saturated rings. The van der Waals surface area contributed by atoms with Gasteiger partial charge in [-0.3, -0.25) is 4.68 Å². The molecule has 1 unspecified atom stereocenters. The predicted octanol–water partition coefficient (Wildman–Crippen LogP) is 2.63. The Bertz CT molecular complexity index is 530. The van der Waals surface area contributed by atoms with Crippen LogP contribution >= 0.6 is 15.9 Å². The summed E-state index contributed by atoms with van der Waals surface area (Å²) in [5, 5.41) is 4.39. The summed E-state index contributed by atoms with van der Waals surface area (Å²) in [5.74, 6) is 0.785. The number of aryl methyl sites for hydroxylation is 2. The molecule has 1 atom stereocenters. The normalized spacial score (nSPS) is 13.0. The van der Waals surface area contributed by atoms with Gasteiger partial charge in [-0.05, 0) is 47.8 Å². The molecule has 92 valence electrons. The van der Waals surface area contributed by atoms with Crippen molar-refractivity contribution in [2.45, 2.75) is 26.3 Å². The average Bonchev–Trinajstić information content (AvgIpc) is 2.78. The molecule has 0 spiro atoms. The molecule has 4 nitrogen and oxygen atoms in total.